The zero-order valence-electron chi connectivity index (χ0n) is 13.9. The largest absolute Gasteiger partial charge is 0.493 e. The summed E-state index contributed by atoms with van der Waals surface area (Å²) in [6.07, 6.45) is 0. The molecule has 0 fully saturated rings. The monoisotopic (exact) mass is 329 g/mol. The van der Waals surface area contributed by atoms with Crippen molar-refractivity contribution in [3.05, 3.63) is 59.2 Å². The molecule has 0 aromatic heterocycles. The summed E-state index contributed by atoms with van der Waals surface area (Å²) in [7, 11) is 0. The second kappa shape index (κ2) is 8.63. The number of hydrogen-bond acceptors (Lipinski definition) is 3. The smallest absolute Gasteiger partial charge is 0.234 e. The van der Waals surface area contributed by atoms with Crippen molar-refractivity contribution in [2.45, 2.75) is 20.8 Å². The molecule has 2 aromatic carbocycles. The average molecular weight is 329 g/mol. The van der Waals surface area contributed by atoms with Crippen LogP contribution in [-0.2, 0) is 4.79 Å². The molecule has 1 N–H and O–H groups in total. The highest BCUT2D eigenvalue weighted by Crippen LogP contribution is 2.16. The summed E-state index contributed by atoms with van der Waals surface area (Å²) in [6.45, 7) is 6.73. The van der Waals surface area contributed by atoms with Crippen molar-refractivity contribution in [1.29, 1.82) is 0 Å². The van der Waals surface area contributed by atoms with Gasteiger partial charge in [0.15, 0.2) is 0 Å². The summed E-state index contributed by atoms with van der Waals surface area (Å²) >= 11 is 1.58. The molecule has 1 amide bonds. The minimum Gasteiger partial charge on any atom is -0.493 e. The van der Waals surface area contributed by atoms with E-state index in [-0.39, 0.29) is 5.91 Å². The number of benzene rings is 2. The van der Waals surface area contributed by atoms with Gasteiger partial charge in [-0.25, -0.2) is 0 Å². The second-order valence-electron chi connectivity index (χ2n) is 5.64. The Morgan fingerprint density at radius 2 is 1.78 bits per heavy atom. The van der Waals surface area contributed by atoms with Crippen molar-refractivity contribution < 1.29 is 9.53 Å². The van der Waals surface area contributed by atoms with E-state index in [2.05, 4.69) is 25.2 Å². The molecule has 0 aliphatic carbocycles. The quantitative estimate of drug-likeness (QED) is 0.767. The van der Waals surface area contributed by atoms with E-state index in [0.717, 1.165) is 22.8 Å². The molecule has 23 heavy (non-hydrogen) atoms. The molecule has 0 aliphatic rings. The SMILES string of the molecule is Cc1cccc(NC(=O)CSCCOc2cc(C)cc(C)c2)c1. The van der Waals surface area contributed by atoms with E-state index in [1.54, 1.807) is 11.8 Å². The maximum Gasteiger partial charge on any atom is 0.234 e. The van der Waals surface area contributed by atoms with Gasteiger partial charge in [-0.1, -0.05) is 18.2 Å². The third-order valence-electron chi connectivity index (χ3n) is 3.23. The third kappa shape index (κ3) is 6.37. The van der Waals surface area contributed by atoms with E-state index in [0.29, 0.717) is 12.4 Å². The second-order valence-corrected chi connectivity index (χ2v) is 6.75. The van der Waals surface area contributed by atoms with Gasteiger partial charge < -0.3 is 10.1 Å². The van der Waals surface area contributed by atoms with Gasteiger partial charge in [0.25, 0.3) is 0 Å². The maximum absolute atomic E-state index is 11.9. The van der Waals surface area contributed by atoms with Crippen molar-refractivity contribution >= 4 is 23.4 Å². The van der Waals surface area contributed by atoms with Crippen LogP contribution in [-0.4, -0.2) is 24.0 Å². The van der Waals surface area contributed by atoms with Gasteiger partial charge in [0.2, 0.25) is 5.91 Å². The van der Waals surface area contributed by atoms with Crippen molar-refractivity contribution in [2.75, 3.05) is 23.4 Å². The normalized spacial score (nSPS) is 10.4. The van der Waals surface area contributed by atoms with Gasteiger partial charge in [0.1, 0.15) is 5.75 Å². The number of anilines is 1. The van der Waals surface area contributed by atoms with Gasteiger partial charge in [-0.3, -0.25) is 4.79 Å². The lowest BCUT2D eigenvalue weighted by Gasteiger charge is -2.08. The van der Waals surface area contributed by atoms with Crippen LogP contribution in [0.1, 0.15) is 16.7 Å². The molecule has 2 aromatic rings. The van der Waals surface area contributed by atoms with Gasteiger partial charge in [-0.05, 0) is 61.7 Å². The number of rotatable bonds is 7. The van der Waals surface area contributed by atoms with Gasteiger partial charge >= 0.3 is 0 Å². The molecule has 0 spiro atoms. The first kappa shape index (κ1) is 17.4. The molecule has 0 heterocycles. The number of amides is 1. The number of ether oxygens (including phenoxy) is 1. The highest BCUT2D eigenvalue weighted by atomic mass is 32.2. The molecule has 4 heteroatoms. The summed E-state index contributed by atoms with van der Waals surface area (Å²) in [4.78, 5) is 11.9. The predicted molar refractivity (Wildman–Crippen MR) is 98.5 cm³/mol. The molecule has 0 bridgehead atoms. The van der Waals surface area contributed by atoms with E-state index in [1.807, 2.05) is 43.3 Å². The molecule has 0 radical (unpaired) electrons. The van der Waals surface area contributed by atoms with Crippen molar-refractivity contribution in [1.82, 2.24) is 0 Å². The molecule has 0 aliphatic heterocycles. The fourth-order valence-corrected chi connectivity index (χ4v) is 2.92. The van der Waals surface area contributed by atoms with E-state index >= 15 is 0 Å². The summed E-state index contributed by atoms with van der Waals surface area (Å²) in [6, 6.07) is 14.0. The Morgan fingerprint density at radius 3 is 2.48 bits per heavy atom. The van der Waals surface area contributed by atoms with Crippen LogP contribution in [0.5, 0.6) is 5.75 Å². The number of nitrogens with one attached hydrogen (secondary N) is 1. The summed E-state index contributed by atoms with van der Waals surface area (Å²) in [5.41, 5.74) is 4.38. The van der Waals surface area contributed by atoms with Crippen LogP contribution < -0.4 is 10.1 Å². The van der Waals surface area contributed by atoms with Crippen LogP contribution in [0.25, 0.3) is 0 Å². The number of carbonyl (C=O) groups excluding carboxylic acids is 1. The molecule has 0 saturated heterocycles. The standard InChI is InChI=1S/C19H23NO2S/c1-14-5-4-6-17(10-14)20-19(21)13-23-8-7-22-18-11-15(2)9-16(3)12-18/h4-6,9-12H,7-8,13H2,1-3H3,(H,20,21). The Hall–Kier alpha value is -1.94. The fraction of sp³-hybridized carbons (Fsp3) is 0.316. The molecular weight excluding hydrogens is 306 g/mol. The van der Waals surface area contributed by atoms with Gasteiger partial charge in [0.05, 0.1) is 12.4 Å². The third-order valence-corrected chi connectivity index (χ3v) is 4.15. The minimum absolute atomic E-state index is 0.0204. The number of aryl methyl sites for hydroxylation is 3. The molecule has 122 valence electrons. The van der Waals surface area contributed by atoms with Crippen LogP contribution in [0.3, 0.4) is 0 Å². The predicted octanol–water partition coefficient (Wildman–Crippen LogP) is 4.36. The van der Waals surface area contributed by atoms with E-state index in [4.69, 9.17) is 4.74 Å². The van der Waals surface area contributed by atoms with Crippen molar-refractivity contribution in [2.24, 2.45) is 0 Å². The molecule has 0 unspecified atom stereocenters. The lowest BCUT2D eigenvalue weighted by Crippen LogP contribution is -2.15. The minimum atomic E-state index is 0.0204. The highest BCUT2D eigenvalue weighted by molar-refractivity contribution is 7.99. The average Bonchev–Trinajstić information content (AvgIpc) is 2.46. The first-order valence-corrected chi connectivity index (χ1v) is 8.84. The van der Waals surface area contributed by atoms with E-state index in [9.17, 15) is 4.79 Å². The number of thioether (sulfide) groups is 1. The van der Waals surface area contributed by atoms with E-state index < -0.39 is 0 Å². The zero-order chi connectivity index (χ0) is 16.7. The molecule has 0 atom stereocenters. The van der Waals surface area contributed by atoms with Crippen LogP contribution in [0, 0.1) is 20.8 Å². The van der Waals surface area contributed by atoms with Crippen molar-refractivity contribution in [3.8, 4) is 5.75 Å². The first-order valence-electron chi connectivity index (χ1n) is 7.68. The topological polar surface area (TPSA) is 38.3 Å². The summed E-state index contributed by atoms with van der Waals surface area (Å²) < 4.78 is 5.73. The van der Waals surface area contributed by atoms with E-state index in [1.165, 1.54) is 11.1 Å². The molecule has 0 saturated carbocycles. The van der Waals surface area contributed by atoms with Crippen LogP contribution in [0.2, 0.25) is 0 Å². The Labute approximate surface area is 142 Å². The van der Waals surface area contributed by atoms with Crippen LogP contribution >= 0.6 is 11.8 Å². The Kier molecular flexibility index (Phi) is 6.53. The van der Waals surface area contributed by atoms with Crippen LogP contribution in [0.4, 0.5) is 5.69 Å². The highest BCUT2D eigenvalue weighted by Gasteiger charge is 2.03. The Bertz CT molecular complexity index is 650. The number of carbonyl (C=O) groups is 1. The fourth-order valence-electron chi connectivity index (χ4n) is 2.32. The first-order chi connectivity index (χ1) is 11.0. The Balaban J connectivity index is 1.66. The lowest BCUT2D eigenvalue weighted by atomic mass is 10.1. The molecule has 3 nitrogen and oxygen atoms in total. The maximum atomic E-state index is 11.9. The van der Waals surface area contributed by atoms with Gasteiger partial charge in [0, 0.05) is 11.4 Å². The van der Waals surface area contributed by atoms with Crippen molar-refractivity contribution in [3.63, 3.8) is 0 Å². The number of hydrogen-bond donors (Lipinski definition) is 1. The van der Waals surface area contributed by atoms with Crippen LogP contribution in [0.15, 0.2) is 42.5 Å². The molecule has 2 rings (SSSR count). The lowest BCUT2D eigenvalue weighted by molar-refractivity contribution is -0.113. The Morgan fingerprint density at radius 1 is 1.04 bits per heavy atom. The van der Waals surface area contributed by atoms with Gasteiger partial charge in [-0.2, -0.15) is 0 Å². The van der Waals surface area contributed by atoms with Gasteiger partial charge in [-0.15, -0.1) is 11.8 Å². The summed E-state index contributed by atoms with van der Waals surface area (Å²) in [5.74, 6) is 2.14. The zero-order valence-corrected chi connectivity index (χ0v) is 14.7. The molecular formula is C19H23NO2S. The summed E-state index contributed by atoms with van der Waals surface area (Å²) in [5, 5.41) is 2.91.